The van der Waals surface area contributed by atoms with Crippen molar-refractivity contribution in [3.8, 4) is 11.4 Å². The summed E-state index contributed by atoms with van der Waals surface area (Å²) in [6, 6.07) is 7.52. The number of nitrogens with two attached hydrogens (primary N) is 1. The number of rotatable bonds is 4. The van der Waals surface area contributed by atoms with Gasteiger partial charge in [-0.1, -0.05) is 6.42 Å². The van der Waals surface area contributed by atoms with Crippen LogP contribution in [-0.2, 0) is 4.79 Å². The van der Waals surface area contributed by atoms with E-state index in [0.717, 1.165) is 30.5 Å². The van der Waals surface area contributed by atoms with Crippen LogP contribution in [0.25, 0.3) is 11.4 Å². The molecule has 0 aliphatic heterocycles. The van der Waals surface area contributed by atoms with Crippen molar-refractivity contribution in [3.05, 3.63) is 24.3 Å². The molecule has 1 fully saturated rings. The number of hydrogen-bond acceptors (Lipinski definition) is 5. The molecule has 0 spiro atoms. The number of tetrazole rings is 1. The maximum atomic E-state index is 12.0. The van der Waals surface area contributed by atoms with E-state index in [9.17, 15) is 4.79 Å². The monoisotopic (exact) mass is 322 g/mol. The molecule has 4 N–H and O–H groups in total. The van der Waals surface area contributed by atoms with Crippen LogP contribution >= 0.6 is 12.4 Å². The van der Waals surface area contributed by atoms with Crippen LogP contribution in [0.3, 0.4) is 0 Å². The third-order valence-corrected chi connectivity index (χ3v) is 3.94. The van der Waals surface area contributed by atoms with Crippen LogP contribution in [0.1, 0.15) is 25.7 Å². The van der Waals surface area contributed by atoms with Crippen LogP contribution in [0.5, 0.6) is 0 Å². The van der Waals surface area contributed by atoms with Crippen molar-refractivity contribution in [1.82, 2.24) is 20.6 Å². The number of anilines is 1. The molecule has 118 valence electrons. The molecule has 1 aliphatic rings. The van der Waals surface area contributed by atoms with Crippen molar-refractivity contribution in [1.29, 1.82) is 0 Å². The Bertz CT molecular complexity index is 600. The molecule has 1 heterocycles. The summed E-state index contributed by atoms with van der Waals surface area (Å²) in [7, 11) is 0. The Kier molecular flexibility index (Phi) is 5.46. The minimum Gasteiger partial charge on any atom is -0.327 e. The number of halogens is 1. The highest BCUT2D eigenvalue weighted by atomic mass is 35.5. The summed E-state index contributed by atoms with van der Waals surface area (Å²) in [6.07, 6.45) is 3.69. The molecule has 2 aromatic rings. The van der Waals surface area contributed by atoms with Crippen LogP contribution in [0.4, 0.5) is 5.69 Å². The van der Waals surface area contributed by atoms with Gasteiger partial charge in [-0.2, -0.15) is 5.21 Å². The zero-order valence-electron chi connectivity index (χ0n) is 12.0. The predicted molar refractivity (Wildman–Crippen MR) is 85.4 cm³/mol. The largest absolute Gasteiger partial charge is 0.327 e. The van der Waals surface area contributed by atoms with Gasteiger partial charge in [0.05, 0.1) is 0 Å². The van der Waals surface area contributed by atoms with Crippen molar-refractivity contribution in [2.75, 3.05) is 5.32 Å². The summed E-state index contributed by atoms with van der Waals surface area (Å²) >= 11 is 0. The predicted octanol–water partition coefficient (Wildman–Crippen LogP) is 1.74. The molecule has 3 rings (SSSR count). The van der Waals surface area contributed by atoms with Gasteiger partial charge in [0.1, 0.15) is 0 Å². The van der Waals surface area contributed by atoms with Gasteiger partial charge < -0.3 is 11.1 Å². The smallest absolute Gasteiger partial charge is 0.224 e. The summed E-state index contributed by atoms with van der Waals surface area (Å²) in [6.45, 7) is 0. The van der Waals surface area contributed by atoms with E-state index in [0.29, 0.717) is 18.2 Å². The summed E-state index contributed by atoms with van der Waals surface area (Å²) in [5, 5.41) is 16.6. The molecule has 8 heteroatoms. The lowest BCUT2D eigenvalue weighted by molar-refractivity contribution is -0.117. The zero-order valence-corrected chi connectivity index (χ0v) is 12.8. The Morgan fingerprint density at radius 3 is 2.68 bits per heavy atom. The number of aromatic amines is 1. The molecule has 0 radical (unpaired) electrons. The van der Waals surface area contributed by atoms with Crippen LogP contribution in [0.15, 0.2) is 24.3 Å². The van der Waals surface area contributed by atoms with E-state index in [1.165, 1.54) is 0 Å². The summed E-state index contributed by atoms with van der Waals surface area (Å²) in [5.74, 6) is 0.859. The number of carbonyl (C=O) groups is 1. The SMILES string of the molecule is Cl.N[C@@H]1CCC[C@H]1CC(=O)Nc1ccc(-c2nn[nH]n2)cc1. The van der Waals surface area contributed by atoms with Gasteiger partial charge in [-0.25, -0.2) is 0 Å². The van der Waals surface area contributed by atoms with Crippen molar-refractivity contribution in [3.63, 3.8) is 0 Å². The molecule has 0 saturated heterocycles. The van der Waals surface area contributed by atoms with Crippen LogP contribution in [0, 0.1) is 5.92 Å². The first-order valence-corrected chi connectivity index (χ1v) is 7.11. The van der Waals surface area contributed by atoms with Crippen LogP contribution in [0.2, 0.25) is 0 Å². The minimum absolute atomic E-state index is 0. The Morgan fingerprint density at radius 1 is 1.32 bits per heavy atom. The first-order valence-electron chi connectivity index (χ1n) is 7.11. The van der Waals surface area contributed by atoms with E-state index in [1.807, 2.05) is 24.3 Å². The number of nitrogens with one attached hydrogen (secondary N) is 2. The molecule has 22 heavy (non-hydrogen) atoms. The molecule has 0 bridgehead atoms. The molecular weight excluding hydrogens is 304 g/mol. The Morgan fingerprint density at radius 2 is 2.09 bits per heavy atom. The number of H-pyrrole nitrogens is 1. The van der Waals surface area contributed by atoms with Crippen LogP contribution in [-0.4, -0.2) is 32.6 Å². The second-order valence-electron chi connectivity index (χ2n) is 5.42. The molecule has 2 atom stereocenters. The third-order valence-electron chi connectivity index (χ3n) is 3.94. The third kappa shape index (κ3) is 3.80. The molecule has 1 saturated carbocycles. The Labute approximate surface area is 134 Å². The molecular formula is C14H19ClN6O. The topological polar surface area (TPSA) is 110 Å². The molecule has 1 aliphatic carbocycles. The van der Waals surface area contributed by atoms with E-state index in [4.69, 9.17) is 5.73 Å². The van der Waals surface area contributed by atoms with E-state index in [-0.39, 0.29) is 24.4 Å². The lowest BCUT2D eigenvalue weighted by Crippen LogP contribution is -2.28. The van der Waals surface area contributed by atoms with Gasteiger partial charge in [-0.15, -0.1) is 22.6 Å². The fourth-order valence-corrected chi connectivity index (χ4v) is 2.76. The zero-order chi connectivity index (χ0) is 14.7. The number of aromatic nitrogens is 4. The maximum Gasteiger partial charge on any atom is 0.224 e. The van der Waals surface area contributed by atoms with Gasteiger partial charge in [0, 0.05) is 23.7 Å². The first-order chi connectivity index (χ1) is 10.2. The average molecular weight is 323 g/mol. The molecule has 1 amide bonds. The van der Waals surface area contributed by atoms with Gasteiger partial charge in [0.2, 0.25) is 11.7 Å². The fourth-order valence-electron chi connectivity index (χ4n) is 2.76. The summed E-state index contributed by atoms with van der Waals surface area (Å²) in [4.78, 5) is 12.0. The molecule has 7 nitrogen and oxygen atoms in total. The minimum atomic E-state index is 0. The second kappa shape index (κ2) is 7.33. The van der Waals surface area contributed by atoms with E-state index in [2.05, 4.69) is 25.9 Å². The summed E-state index contributed by atoms with van der Waals surface area (Å²) < 4.78 is 0. The molecule has 0 unspecified atom stereocenters. The van der Waals surface area contributed by atoms with Gasteiger partial charge in [0.25, 0.3) is 0 Å². The van der Waals surface area contributed by atoms with Gasteiger partial charge in [0.15, 0.2) is 0 Å². The van der Waals surface area contributed by atoms with Crippen LogP contribution < -0.4 is 11.1 Å². The normalized spacial score (nSPS) is 20.4. The Balaban J connectivity index is 0.00000176. The lowest BCUT2D eigenvalue weighted by Gasteiger charge is -2.14. The quantitative estimate of drug-likeness (QED) is 0.794. The van der Waals surface area contributed by atoms with Gasteiger partial charge >= 0.3 is 0 Å². The van der Waals surface area contributed by atoms with Crippen molar-refractivity contribution in [2.45, 2.75) is 31.7 Å². The van der Waals surface area contributed by atoms with E-state index in [1.54, 1.807) is 0 Å². The Hall–Kier alpha value is -1.99. The van der Waals surface area contributed by atoms with E-state index >= 15 is 0 Å². The highest BCUT2D eigenvalue weighted by Crippen LogP contribution is 2.27. The van der Waals surface area contributed by atoms with Crippen molar-refractivity contribution < 1.29 is 4.79 Å². The second-order valence-corrected chi connectivity index (χ2v) is 5.42. The highest BCUT2D eigenvalue weighted by Gasteiger charge is 2.25. The van der Waals surface area contributed by atoms with E-state index < -0.39 is 0 Å². The number of nitrogens with zero attached hydrogens (tertiary/aromatic N) is 3. The highest BCUT2D eigenvalue weighted by molar-refractivity contribution is 5.91. The maximum absolute atomic E-state index is 12.0. The average Bonchev–Trinajstić information content (AvgIpc) is 3.12. The standard InChI is InChI=1S/C14H18N6O.ClH/c15-12-3-1-2-10(12)8-13(21)16-11-6-4-9(5-7-11)14-17-19-20-18-14;/h4-7,10,12H,1-3,8,15H2,(H,16,21)(H,17,18,19,20);1H/t10-,12+;/m0./s1. The first kappa shape index (κ1) is 16.4. The van der Waals surface area contributed by atoms with Gasteiger partial charge in [-0.05, 0) is 48.2 Å². The fraction of sp³-hybridized carbons (Fsp3) is 0.429. The van der Waals surface area contributed by atoms with Crippen molar-refractivity contribution in [2.24, 2.45) is 11.7 Å². The molecule has 1 aromatic carbocycles. The van der Waals surface area contributed by atoms with Crippen molar-refractivity contribution >= 4 is 24.0 Å². The summed E-state index contributed by atoms with van der Waals surface area (Å²) in [5.41, 5.74) is 7.60. The number of amides is 1. The lowest BCUT2D eigenvalue weighted by atomic mass is 10.00. The van der Waals surface area contributed by atoms with Gasteiger partial charge in [-0.3, -0.25) is 4.79 Å². The number of carbonyl (C=O) groups excluding carboxylic acids is 1. The number of hydrogen-bond donors (Lipinski definition) is 3. The number of benzene rings is 1. The molecule has 1 aromatic heterocycles.